The van der Waals surface area contributed by atoms with E-state index in [2.05, 4.69) is 32.6 Å². The zero-order valence-corrected chi connectivity index (χ0v) is 14.9. The molecule has 2 nitrogen and oxygen atoms in total. The van der Waals surface area contributed by atoms with Crippen molar-refractivity contribution >= 4 is 0 Å². The average molecular weight is 295 g/mol. The van der Waals surface area contributed by atoms with Crippen LogP contribution in [0.5, 0.6) is 0 Å². The Balaban J connectivity index is 2.07. The first kappa shape index (κ1) is 17.3. The van der Waals surface area contributed by atoms with Gasteiger partial charge < -0.3 is 5.73 Å². The van der Waals surface area contributed by atoms with Crippen molar-refractivity contribution in [3.8, 4) is 0 Å². The molecular formula is C19H38N2. The van der Waals surface area contributed by atoms with Crippen molar-refractivity contribution in [2.45, 2.75) is 104 Å². The number of piperidine rings is 1. The van der Waals surface area contributed by atoms with Gasteiger partial charge in [0.2, 0.25) is 0 Å². The molecule has 0 aromatic carbocycles. The van der Waals surface area contributed by atoms with E-state index in [1.165, 1.54) is 64.3 Å². The molecule has 0 aromatic rings. The summed E-state index contributed by atoms with van der Waals surface area (Å²) in [7, 11) is 0. The summed E-state index contributed by atoms with van der Waals surface area (Å²) in [4.78, 5) is 2.83. The van der Waals surface area contributed by atoms with Gasteiger partial charge in [0, 0.05) is 18.1 Å². The topological polar surface area (TPSA) is 29.3 Å². The summed E-state index contributed by atoms with van der Waals surface area (Å²) >= 11 is 0. The van der Waals surface area contributed by atoms with Gasteiger partial charge in [0.15, 0.2) is 0 Å². The Morgan fingerprint density at radius 3 is 2.52 bits per heavy atom. The van der Waals surface area contributed by atoms with Gasteiger partial charge in [-0.1, -0.05) is 47.0 Å². The first-order chi connectivity index (χ1) is 9.99. The predicted octanol–water partition coefficient (Wildman–Crippen LogP) is 4.57. The van der Waals surface area contributed by atoms with E-state index in [0.29, 0.717) is 17.5 Å². The molecule has 4 atom stereocenters. The number of hydrogen-bond donors (Lipinski definition) is 1. The average Bonchev–Trinajstić information content (AvgIpc) is 2.49. The highest BCUT2D eigenvalue weighted by molar-refractivity contribution is 4.96. The van der Waals surface area contributed by atoms with Gasteiger partial charge in [-0.05, 0) is 56.4 Å². The monoisotopic (exact) mass is 294 g/mol. The minimum absolute atomic E-state index is 0.409. The number of rotatable bonds is 5. The van der Waals surface area contributed by atoms with Gasteiger partial charge in [-0.3, -0.25) is 4.90 Å². The Morgan fingerprint density at radius 1 is 1.10 bits per heavy atom. The molecule has 0 spiro atoms. The lowest BCUT2D eigenvalue weighted by Crippen LogP contribution is -2.57. The first-order valence-corrected chi connectivity index (χ1v) is 9.51. The Bertz CT molecular complexity index is 311. The van der Waals surface area contributed by atoms with Crippen LogP contribution in [0.2, 0.25) is 0 Å². The molecule has 1 aliphatic carbocycles. The molecule has 0 amide bonds. The maximum absolute atomic E-state index is 6.57. The van der Waals surface area contributed by atoms with Crippen molar-refractivity contribution in [2.75, 3.05) is 6.54 Å². The summed E-state index contributed by atoms with van der Waals surface area (Å²) in [6.45, 7) is 10.9. The quantitative estimate of drug-likeness (QED) is 0.804. The molecule has 1 saturated heterocycles. The highest BCUT2D eigenvalue weighted by Crippen LogP contribution is 2.42. The summed E-state index contributed by atoms with van der Waals surface area (Å²) in [5, 5.41) is 0. The van der Waals surface area contributed by atoms with Crippen LogP contribution in [-0.2, 0) is 0 Å². The Hall–Kier alpha value is -0.0800. The van der Waals surface area contributed by atoms with Gasteiger partial charge in [-0.2, -0.15) is 0 Å². The van der Waals surface area contributed by atoms with Crippen molar-refractivity contribution < 1.29 is 0 Å². The first-order valence-electron chi connectivity index (χ1n) is 9.51. The van der Waals surface area contributed by atoms with Crippen LogP contribution in [0.15, 0.2) is 0 Å². The SMILES string of the molecule is CCCC1CCCCN1C1CC(C(C)(C)CC)CCC1N. The van der Waals surface area contributed by atoms with Crippen molar-refractivity contribution in [1.82, 2.24) is 4.90 Å². The zero-order chi connectivity index (χ0) is 15.5. The van der Waals surface area contributed by atoms with Crippen molar-refractivity contribution in [1.29, 1.82) is 0 Å². The summed E-state index contributed by atoms with van der Waals surface area (Å²) in [5.74, 6) is 0.858. The van der Waals surface area contributed by atoms with Crippen LogP contribution < -0.4 is 5.73 Å². The van der Waals surface area contributed by atoms with Gasteiger partial charge in [-0.25, -0.2) is 0 Å². The lowest BCUT2D eigenvalue weighted by Gasteiger charge is -2.49. The van der Waals surface area contributed by atoms with Crippen molar-refractivity contribution in [3.05, 3.63) is 0 Å². The number of hydrogen-bond acceptors (Lipinski definition) is 2. The molecule has 0 aromatic heterocycles. The predicted molar refractivity (Wildman–Crippen MR) is 92.4 cm³/mol. The molecule has 2 aliphatic rings. The lowest BCUT2D eigenvalue weighted by atomic mass is 9.67. The lowest BCUT2D eigenvalue weighted by molar-refractivity contribution is 0.0168. The van der Waals surface area contributed by atoms with Crippen LogP contribution >= 0.6 is 0 Å². The second kappa shape index (κ2) is 7.46. The van der Waals surface area contributed by atoms with Crippen LogP contribution in [0.3, 0.4) is 0 Å². The molecular weight excluding hydrogens is 256 g/mol. The van der Waals surface area contributed by atoms with Gasteiger partial charge in [0.1, 0.15) is 0 Å². The van der Waals surface area contributed by atoms with Crippen LogP contribution in [0.4, 0.5) is 0 Å². The Kier molecular flexibility index (Phi) is 6.14. The van der Waals surface area contributed by atoms with Crippen LogP contribution in [0.1, 0.15) is 85.5 Å². The molecule has 2 fully saturated rings. The van der Waals surface area contributed by atoms with E-state index in [-0.39, 0.29) is 0 Å². The molecule has 4 unspecified atom stereocenters. The Morgan fingerprint density at radius 2 is 1.86 bits per heavy atom. The summed E-state index contributed by atoms with van der Waals surface area (Å²) in [5.41, 5.74) is 7.05. The third-order valence-electron chi connectivity index (χ3n) is 6.61. The van der Waals surface area contributed by atoms with Crippen LogP contribution in [0, 0.1) is 11.3 Å². The number of nitrogens with zero attached hydrogens (tertiary/aromatic N) is 1. The molecule has 1 saturated carbocycles. The van der Waals surface area contributed by atoms with Gasteiger partial charge >= 0.3 is 0 Å². The standard InChI is InChI=1S/C19H38N2/c1-5-9-16-10-7-8-13-21(16)18-14-15(11-12-17(18)20)19(3,4)6-2/h15-18H,5-14,20H2,1-4H3. The second-order valence-corrected chi connectivity index (χ2v) is 8.26. The fraction of sp³-hybridized carbons (Fsp3) is 1.00. The highest BCUT2D eigenvalue weighted by Gasteiger charge is 2.40. The van der Waals surface area contributed by atoms with Crippen LogP contribution in [-0.4, -0.2) is 29.6 Å². The molecule has 1 heterocycles. The van der Waals surface area contributed by atoms with Gasteiger partial charge in [-0.15, -0.1) is 0 Å². The van der Waals surface area contributed by atoms with Gasteiger partial charge in [0.05, 0.1) is 0 Å². The molecule has 2 N–H and O–H groups in total. The molecule has 21 heavy (non-hydrogen) atoms. The fourth-order valence-corrected chi connectivity index (χ4v) is 4.65. The highest BCUT2D eigenvalue weighted by atomic mass is 15.2. The smallest absolute Gasteiger partial charge is 0.0252 e. The summed E-state index contributed by atoms with van der Waals surface area (Å²) in [6, 6.07) is 1.86. The minimum atomic E-state index is 0.409. The van der Waals surface area contributed by atoms with E-state index in [4.69, 9.17) is 5.73 Å². The van der Waals surface area contributed by atoms with E-state index in [0.717, 1.165) is 12.0 Å². The molecule has 2 rings (SSSR count). The fourth-order valence-electron chi connectivity index (χ4n) is 4.65. The summed E-state index contributed by atoms with van der Waals surface area (Å²) < 4.78 is 0. The summed E-state index contributed by atoms with van der Waals surface area (Å²) in [6.07, 6.45) is 12.1. The Labute approximate surface area is 132 Å². The van der Waals surface area contributed by atoms with Crippen molar-refractivity contribution in [2.24, 2.45) is 17.1 Å². The molecule has 124 valence electrons. The maximum Gasteiger partial charge on any atom is 0.0252 e. The normalized spacial score (nSPS) is 35.9. The van der Waals surface area contributed by atoms with E-state index in [1.54, 1.807) is 0 Å². The minimum Gasteiger partial charge on any atom is -0.326 e. The third kappa shape index (κ3) is 4.01. The molecule has 0 radical (unpaired) electrons. The maximum atomic E-state index is 6.57. The molecule has 2 heteroatoms. The van der Waals surface area contributed by atoms with Gasteiger partial charge in [0.25, 0.3) is 0 Å². The van der Waals surface area contributed by atoms with Crippen LogP contribution in [0.25, 0.3) is 0 Å². The van der Waals surface area contributed by atoms with E-state index in [9.17, 15) is 0 Å². The zero-order valence-electron chi connectivity index (χ0n) is 14.9. The largest absolute Gasteiger partial charge is 0.326 e. The third-order valence-corrected chi connectivity index (χ3v) is 6.61. The van der Waals surface area contributed by atoms with Crippen molar-refractivity contribution in [3.63, 3.8) is 0 Å². The van der Waals surface area contributed by atoms with E-state index in [1.807, 2.05) is 0 Å². The number of likely N-dealkylation sites (tertiary alicyclic amines) is 1. The molecule has 1 aliphatic heterocycles. The van der Waals surface area contributed by atoms with E-state index >= 15 is 0 Å². The number of nitrogens with two attached hydrogens (primary N) is 1. The van der Waals surface area contributed by atoms with E-state index < -0.39 is 0 Å². The molecule has 0 bridgehead atoms. The second-order valence-electron chi connectivity index (χ2n) is 8.26.